The topological polar surface area (TPSA) is 76.6 Å². The van der Waals surface area contributed by atoms with Gasteiger partial charge in [0.25, 0.3) is 0 Å². The van der Waals surface area contributed by atoms with Crippen molar-refractivity contribution in [2.24, 2.45) is 0 Å². The van der Waals surface area contributed by atoms with Crippen LogP contribution in [-0.2, 0) is 13.0 Å². The largest absolute Gasteiger partial charge is 0.487 e. The van der Waals surface area contributed by atoms with Crippen LogP contribution in [0.5, 0.6) is 5.75 Å². The maximum absolute atomic E-state index is 5.97. The van der Waals surface area contributed by atoms with Crippen LogP contribution in [0.1, 0.15) is 42.8 Å². The van der Waals surface area contributed by atoms with Crippen LogP contribution in [0, 0.1) is 0 Å². The van der Waals surface area contributed by atoms with E-state index >= 15 is 0 Å². The first-order chi connectivity index (χ1) is 13.8. The molecule has 0 saturated carbocycles. The lowest BCUT2D eigenvalue weighted by molar-refractivity contribution is 0.301. The molecule has 2 heterocycles. The van der Waals surface area contributed by atoms with Crippen molar-refractivity contribution >= 4 is 10.9 Å². The number of rotatable bonds is 8. The summed E-state index contributed by atoms with van der Waals surface area (Å²) in [6.07, 6.45) is 3.07. The second kappa shape index (κ2) is 8.61. The van der Waals surface area contributed by atoms with Gasteiger partial charge in [0.2, 0.25) is 0 Å². The number of tetrazole rings is 1. The Bertz CT molecular complexity index is 1030. The first-order valence-corrected chi connectivity index (χ1v) is 9.58. The number of hydrogen-bond acceptors (Lipinski definition) is 5. The van der Waals surface area contributed by atoms with E-state index in [1.807, 2.05) is 36.4 Å². The third-order valence-electron chi connectivity index (χ3n) is 4.85. The van der Waals surface area contributed by atoms with E-state index < -0.39 is 0 Å². The fourth-order valence-electron chi connectivity index (χ4n) is 3.26. The molecular weight excluding hydrogens is 350 g/mol. The highest BCUT2D eigenvalue weighted by Crippen LogP contribution is 2.20. The molecule has 0 aliphatic carbocycles. The SMILES string of the molecule is CC(CCCc1cccc(OCc2ccc3ccccc3n2)c1)c1nn[nH]n1. The molecule has 1 N–H and O–H groups in total. The van der Waals surface area contributed by atoms with E-state index in [2.05, 4.69) is 56.8 Å². The van der Waals surface area contributed by atoms with Crippen LogP contribution >= 0.6 is 0 Å². The van der Waals surface area contributed by atoms with Gasteiger partial charge in [0.15, 0.2) is 5.82 Å². The molecule has 2 aromatic heterocycles. The van der Waals surface area contributed by atoms with Crippen LogP contribution in [0.15, 0.2) is 60.7 Å². The van der Waals surface area contributed by atoms with Gasteiger partial charge in [0.05, 0.1) is 11.2 Å². The van der Waals surface area contributed by atoms with Gasteiger partial charge >= 0.3 is 0 Å². The molecule has 0 aliphatic rings. The van der Waals surface area contributed by atoms with E-state index in [4.69, 9.17) is 4.74 Å². The molecule has 0 fully saturated rings. The van der Waals surface area contributed by atoms with E-state index in [-0.39, 0.29) is 0 Å². The van der Waals surface area contributed by atoms with E-state index in [9.17, 15) is 0 Å². The van der Waals surface area contributed by atoms with Gasteiger partial charge in [-0.05, 0) is 49.1 Å². The Labute approximate surface area is 164 Å². The number of aromatic nitrogens is 5. The molecule has 0 amide bonds. The number of aromatic amines is 1. The molecule has 6 heteroatoms. The van der Waals surface area contributed by atoms with Crippen molar-refractivity contribution in [3.8, 4) is 5.75 Å². The van der Waals surface area contributed by atoms with Gasteiger partial charge in [0, 0.05) is 11.3 Å². The van der Waals surface area contributed by atoms with Crippen LogP contribution in [0.25, 0.3) is 10.9 Å². The number of aryl methyl sites for hydroxylation is 1. The molecule has 0 aliphatic heterocycles. The lowest BCUT2D eigenvalue weighted by atomic mass is 10.0. The molecule has 6 nitrogen and oxygen atoms in total. The number of hydrogen-bond donors (Lipinski definition) is 1. The molecule has 2 aromatic carbocycles. The number of fused-ring (bicyclic) bond motifs is 1. The smallest absolute Gasteiger partial charge is 0.177 e. The Balaban J connectivity index is 1.31. The third-order valence-corrected chi connectivity index (χ3v) is 4.85. The van der Waals surface area contributed by atoms with Crippen molar-refractivity contribution in [3.05, 3.63) is 77.7 Å². The maximum atomic E-state index is 5.97. The standard InChI is InChI=1S/C22H23N5O/c1-16(22-24-26-27-25-22)6-4-7-17-8-5-10-20(14-17)28-15-19-13-12-18-9-2-3-11-21(18)23-19/h2-3,5,8-14,16H,4,6-7,15H2,1H3,(H,24,25,26,27). The van der Waals surface area contributed by atoms with Crippen LogP contribution in [0.2, 0.25) is 0 Å². The quantitative estimate of drug-likeness (QED) is 0.494. The molecule has 0 spiro atoms. The molecule has 0 bridgehead atoms. The molecule has 142 valence electrons. The predicted octanol–water partition coefficient (Wildman–Crippen LogP) is 4.45. The van der Waals surface area contributed by atoms with E-state index in [0.29, 0.717) is 12.5 Å². The average molecular weight is 373 g/mol. The number of nitrogens with one attached hydrogen (secondary N) is 1. The van der Waals surface area contributed by atoms with Crippen molar-refractivity contribution in [2.75, 3.05) is 0 Å². The zero-order valence-corrected chi connectivity index (χ0v) is 15.9. The van der Waals surface area contributed by atoms with Gasteiger partial charge in [-0.1, -0.05) is 48.5 Å². The highest BCUT2D eigenvalue weighted by atomic mass is 16.5. The monoisotopic (exact) mass is 373 g/mol. The summed E-state index contributed by atoms with van der Waals surface area (Å²) >= 11 is 0. The van der Waals surface area contributed by atoms with Gasteiger partial charge in [-0.15, -0.1) is 10.2 Å². The average Bonchev–Trinajstić information content (AvgIpc) is 3.27. The van der Waals surface area contributed by atoms with Crippen molar-refractivity contribution in [2.45, 2.75) is 38.7 Å². The molecule has 28 heavy (non-hydrogen) atoms. The molecule has 4 aromatic rings. The fourth-order valence-corrected chi connectivity index (χ4v) is 3.26. The van der Waals surface area contributed by atoms with Gasteiger partial charge in [-0.3, -0.25) is 0 Å². The number of nitrogens with zero attached hydrogens (tertiary/aromatic N) is 4. The molecule has 4 rings (SSSR count). The summed E-state index contributed by atoms with van der Waals surface area (Å²) in [6, 6.07) is 20.5. The molecule has 0 saturated heterocycles. The number of benzene rings is 2. The summed E-state index contributed by atoms with van der Waals surface area (Å²) in [7, 11) is 0. The number of pyridine rings is 1. The van der Waals surface area contributed by atoms with Gasteiger partial charge in [0.1, 0.15) is 12.4 Å². The van der Waals surface area contributed by atoms with Gasteiger partial charge in [-0.25, -0.2) is 4.98 Å². The molecule has 1 unspecified atom stereocenters. The Morgan fingerprint density at radius 2 is 1.96 bits per heavy atom. The van der Waals surface area contributed by atoms with Gasteiger partial charge < -0.3 is 4.74 Å². The minimum absolute atomic E-state index is 0.303. The van der Waals surface area contributed by atoms with Crippen LogP contribution in [0.3, 0.4) is 0 Å². The normalized spacial score (nSPS) is 12.2. The lowest BCUT2D eigenvalue weighted by Gasteiger charge is -2.10. The van der Waals surface area contributed by atoms with Crippen molar-refractivity contribution in [1.82, 2.24) is 25.6 Å². The van der Waals surface area contributed by atoms with Crippen molar-refractivity contribution in [3.63, 3.8) is 0 Å². The number of H-pyrrole nitrogens is 1. The van der Waals surface area contributed by atoms with Gasteiger partial charge in [-0.2, -0.15) is 5.21 Å². The summed E-state index contributed by atoms with van der Waals surface area (Å²) in [5, 5.41) is 15.4. The lowest BCUT2D eigenvalue weighted by Crippen LogP contribution is -2.00. The van der Waals surface area contributed by atoms with Crippen molar-refractivity contribution < 1.29 is 4.74 Å². The number of ether oxygens (including phenoxy) is 1. The van der Waals surface area contributed by atoms with Crippen LogP contribution in [-0.4, -0.2) is 25.6 Å². The summed E-state index contributed by atoms with van der Waals surface area (Å²) < 4.78 is 5.97. The number of para-hydroxylation sites is 1. The van der Waals surface area contributed by atoms with E-state index in [0.717, 1.165) is 47.4 Å². The van der Waals surface area contributed by atoms with E-state index in [1.54, 1.807) is 0 Å². The minimum Gasteiger partial charge on any atom is -0.487 e. The Hall–Kier alpha value is -3.28. The highest BCUT2D eigenvalue weighted by Gasteiger charge is 2.10. The first kappa shape index (κ1) is 18.1. The predicted molar refractivity (Wildman–Crippen MR) is 108 cm³/mol. The van der Waals surface area contributed by atoms with E-state index in [1.165, 1.54) is 5.56 Å². The Kier molecular flexibility index (Phi) is 5.56. The molecule has 1 atom stereocenters. The molecule has 0 radical (unpaired) electrons. The zero-order chi connectivity index (χ0) is 19.2. The minimum atomic E-state index is 0.303. The maximum Gasteiger partial charge on any atom is 0.177 e. The third kappa shape index (κ3) is 4.52. The summed E-state index contributed by atoms with van der Waals surface area (Å²) in [5.74, 6) is 1.95. The molecular formula is C22H23N5O. The first-order valence-electron chi connectivity index (χ1n) is 9.58. The highest BCUT2D eigenvalue weighted by molar-refractivity contribution is 5.78. The Morgan fingerprint density at radius 1 is 1.04 bits per heavy atom. The van der Waals surface area contributed by atoms with Crippen LogP contribution < -0.4 is 4.74 Å². The Morgan fingerprint density at radius 3 is 2.86 bits per heavy atom. The summed E-state index contributed by atoms with van der Waals surface area (Å²) in [6.45, 7) is 2.59. The van der Waals surface area contributed by atoms with Crippen LogP contribution in [0.4, 0.5) is 0 Å². The second-order valence-corrected chi connectivity index (χ2v) is 6.99. The summed E-state index contributed by atoms with van der Waals surface area (Å²) in [4.78, 5) is 4.66. The van der Waals surface area contributed by atoms with Crippen molar-refractivity contribution in [1.29, 1.82) is 0 Å². The summed E-state index contributed by atoms with van der Waals surface area (Å²) in [5.41, 5.74) is 3.19. The fraction of sp³-hybridized carbons (Fsp3) is 0.273. The zero-order valence-electron chi connectivity index (χ0n) is 15.9. The second-order valence-electron chi connectivity index (χ2n) is 6.99.